The predicted molar refractivity (Wildman–Crippen MR) is 321 cm³/mol. The van der Waals surface area contributed by atoms with Crippen LogP contribution in [0, 0.1) is 0 Å². The van der Waals surface area contributed by atoms with Crippen LogP contribution in [0.2, 0.25) is 0 Å². The lowest BCUT2D eigenvalue weighted by molar-refractivity contribution is 0.766. The summed E-state index contributed by atoms with van der Waals surface area (Å²) >= 11 is 1.93. The molecule has 2 heterocycles. The fourth-order valence-corrected chi connectivity index (χ4v) is 14.1. The third-order valence-corrected chi connectivity index (χ3v) is 17.3. The van der Waals surface area contributed by atoms with Crippen molar-refractivity contribution in [2.45, 2.75) is 15.2 Å². The normalized spacial score (nSPS) is 13.3. The Labute approximate surface area is 449 Å². The molecule has 0 amide bonds. The molecule has 0 bridgehead atoms. The van der Waals surface area contributed by atoms with Gasteiger partial charge in [-0.25, -0.2) is 0 Å². The van der Waals surface area contributed by atoms with Crippen molar-refractivity contribution in [1.82, 2.24) is 0 Å². The van der Waals surface area contributed by atoms with Gasteiger partial charge in [-0.1, -0.05) is 272 Å². The molecular weight excluding hydrogens is 934 g/mol. The number of benzene rings is 12. The maximum Gasteiger partial charge on any atom is 0.249 e. The molecule has 0 fully saturated rings. The van der Waals surface area contributed by atoms with Crippen LogP contribution in [0.25, 0.3) is 66.8 Å². The Morgan fingerprint density at radius 3 is 1.28 bits per heavy atom. The highest BCUT2D eigenvalue weighted by molar-refractivity contribution is 8.00. The zero-order chi connectivity index (χ0) is 50.2. The highest BCUT2D eigenvalue weighted by Gasteiger charge is 2.49. The summed E-state index contributed by atoms with van der Waals surface area (Å²) < 4.78 is 0. The standard InChI is InChI=1S/C73H48BNS/c1-7-23-49(24-8-1)54-39-41-67-65(45-54)74-66-46-55(50-25-9-2-10-26-50)40-42-69(66)76-70-48-58(73(57-33-17-6-18-34-57)63-37-21-19-35-59(63)60-36-20-22-38-64(60)73)47-68(71(70)74)75(67)72-61(52-29-13-4-14-30-52)43-56(51-27-11-3-12-28-51)44-62(72)53-31-15-5-16-32-53/h1-48H. The van der Waals surface area contributed by atoms with Crippen LogP contribution in [0.5, 0.6) is 0 Å². The van der Waals surface area contributed by atoms with E-state index in [0.717, 1.165) is 16.8 Å². The molecule has 3 heteroatoms. The van der Waals surface area contributed by atoms with Gasteiger partial charge in [0.05, 0.1) is 11.1 Å². The molecular formula is C73H48BNS. The molecule has 12 aromatic carbocycles. The molecule has 0 saturated heterocycles. The molecule has 15 rings (SSSR count). The van der Waals surface area contributed by atoms with Crippen molar-refractivity contribution in [2.75, 3.05) is 4.90 Å². The molecule has 1 aliphatic carbocycles. The maximum absolute atomic E-state index is 2.68. The zero-order valence-electron chi connectivity index (χ0n) is 41.6. The maximum atomic E-state index is 2.68. The monoisotopic (exact) mass is 981 g/mol. The second kappa shape index (κ2) is 18.1. The molecule has 1 nitrogen and oxygen atoms in total. The van der Waals surface area contributed by atoms with Gasteiger partial charge in [0.15, 0.2) is 0 Å². The van der Waals surface area contributed by atoms with E-state index in [2.05, 4.69) is 296 Å². The lowest BCUT2D eigenvalue weighted by atomic mass is 9.34. The predicted octanol–water partition coefficient (Wildman–Crippen LogP) is 17.1. The summed E-state index contributed by atoms with van der Waals surface area (Å²) in [6, 6.07) is 109. The van der Waals surface area contributed by atoms with E-state index in [1.165, 1.54) is 115 Å². The molecule has 354 valence electrons. The van der Waals surface area contributed by atoms with Gasteiger partial charge >= 0.3 is 0 Å². The summed E-state index contributed by atoms with van der Waals surface area (Å²) in [5, 5.41) is 0. The SMILES string of the molecule is c1ccc(-c2ccc3c(c2)B2c4cc(-c5ccccc5)ccc4N(c4c(-c5ccccc5)cc(-c5ccccc5)cc4-c4ccccc4)c4cc(C5(c6ccccc6)c6ccccc6-c6ccccc65)cc(c42)S3)cc1. The van der Waals surface area contributed by atoms with Gasteiger partial charge in [0.25, 0.3) is 0 Å². The van der Waals surface area contributed by atoms with Crippen LogP contribution in [-0.4, -0.2) is 6.71 Å². The van der Waals surface area contributed by atoms with Gasteiger partial charge < -0.3 is 4.90 Å². The van der Waals surface area contributed by atoms with Crippen molar-refractivity contribution in [3.8, 4) is 66.8 Å². The van der Waals surface area contributed by atoms with Crippen molar-refractivity contribution < 1.29 is 0 Å². The smallest absolute Gasteiger partial charge is 0.249 e. The summed E-state index contributed by atoms with van der Waals surface area (Å²) in [5.41, 5.74) is 26.4. The van der Waals surface area contributed by atoms with Gasteiger partial charge in [-0.2, -0.15) is 0 Å². The third-order valence-electron chi connectivity index (χ3n) is 16.2. The molecule has 0 unspecified atom stereocenters. The van der Waals surface area contributed by atoms with Crippen molar-refractivity contribution >= 4 is 51.9 Å². The van der Waals surface area contributed by atoms with Gasteiger partial charge in [0.2, 0.25) is 6.71 Å². The number of nitrogens with zero attached hydrogens (tertiary/aromatic N) is 1. The average molecular weight is 982 g/mol. The van der Waals surface area contributed by atoms with Gasteiger partial charge in [0, 0.05) is 32.3 Å². The molecule has 76 heavy (non-hydrogen) atoms. The van der Waals surface area contributed by atoms with Crippen LogP contribution < -0.4 is 21.3 Å². The molecule has 12 aromatic rings. The molecule has 0 spiro atoms. The minimum Gasteiger partial charge on any atom is -0.310 e. The zero-order valence-corrected chi connectivity index (χ0v) is 42.5. The average Bonchev–Trinajstić information content (AvgIpc) is 4.02. The van der Waals surface area contributed by atoms with Gasteiger partial charge in [-0.3, -0.25) is 0 Å². The minimum absolute atomic E-state index is 0.0753. The summed E-state index contributed by atoms with van der Waals surface area (Å²) in [5.74, 6) is 0. The highest BCUT2D eigenvalue weighted by atomic mass is 32.2. The molecule has 3 aliphatic rings. The van der Waals surface area contributed by atoms with Crippen LogP contribution in [-0.2, 0) is 5.41 Å². The highest BCUT2D eigenvalue weighted by Crippen LogP contribution is 2.58. The number of hydrogen-bond donors (Lipinski definition) is 0. The molecule has 2 aliphatic heterocycles. The van der Waals surface area contributed by atoms with Gasteiger partial charge in [-0.15, -0.1) is 0 Å². The van der Waals surface area contributed by atoms with E-state index >= 15 is 0 Å². The van der Waals surface area contributed by atoms with Crippen molar-refractivity contribution in [3.05, 3.63) is 313 Å². The van der Waals surface area contributed by atoms with Crippen LogP contribution in [0.1, 0.15) is 22.3 Å². The molecule has 0 radical (unpaired) electrons. The lowest BCUT2D eigenvalue weighted by Gasteiger charge is -2.43. The van der Waals surface area contributed by atoms with E-state index in [-0.39, 0.29) is 6.71 Å². The molecule has 0 saturated carbocycles. The van der Waals surface area contributed by atoms with Crippen molar-refractivity contribution in [2.24, 2.45) is 0 Å². The number of rotatable bonds is 8. The van der Waals surface area contributed by atoms with E-state index in [1.807, 2.05) is 11.8 Å². The van der Waals surface area contributed by atoms with Crippen molar-refractivity contribution in [1.29, 1.82) is 0 Å². The Morgan fingerprint density at radius 2 is 0.737 bits per heavy atom. The Hall–Kier alpha value is -9.15. The first kappa shape index (κ1) is 44.4. The number of anilines is 3. The second-order valence-electron chi connectivity index (χ2n) is 20.3. The quantitative estimate of drug-likeness (QED) is 0.140. The summed E-state index contributed by atoms with van der Waals surface area (Å²) in [6.45, 7) is -0.0753. The van der Waals surface area contributed by atoms with Gasteiger partial charge in [-0.05, 0) is 125 Å². The van der Waals surface area contributed by atoms with Crippen LogP contribution in [0.3, 0.4) is 0 Å². The largest absolute Gasteiger partial charge is 0.310 e. The first-order valence-corrected chi connectivity index (χ1v) is 27.2. The Morgan fingerprint density at radius 1 is 0.289 bits per heavy atom. The fraction of sp³-hybridized carbons (Fsp3) is 0.0137. The third kappa shape index (κ3) is 6.96. The number of fused-ring (bicyclic) bond motifs is 7. The van der Waals surface area contributed by atoms with Crippen molar-refractivity contribution in [3.63, 3.8) is 0 Å². The lowest BCUT2D eigenvalue weighted by Crippen LogP contribution is -2.60. The summed E-state index contributed by atoms with van der Waals surface area (Å²) in [4.78, 5) is 5.24. The number of hydrogen-bond acceptors (Lipinski definition) is 2. The first-order valence-electron chi connectivity index (χ1n) is 26.3. The first-order chi connectivity index (χ1) is 37.7. The molecule has 0 aromatic heterocycles. The summed E-state index contributed by atoms with van der Waals surface area (Å²) in [6.07, 6.45) is 0. The van der Waals surface area contributed by atoms with E-state index in [0.29, 0.717) is 0 Å². The van der Waals surface area contributed by atoms with Crippen LogP contribution >= 0.6 is 11.8 Å². The van der Waals surface area contributed by atoms with Crippen LogP contribution in [0.15, 0.2) is 301 Å². The topological polar surface area (TPSA) is 3.24 Å². The van der Waals surface area contributed by atoms with E-state index in [4.69, 9.17) is 0 Å². The Bertz CT molecular complexity index is 4070. The molecule has 0 atom stereocenters. The van der Waals surface area contributed by atoms with E-state index in [9.17, 15) is 0 Å². The summed E-state index contributed by atoms with van der Waals surface area (Å²) in [7, 11) is 0. The van der Waals surface area contributed by atoms with Crippen LogP contribution in [0.4, 0.5) is 17.1 Å². The second-order valence-corrected chi connectivity index (χ2v) is 21.3. The van der Waals surface area contributed by atoms with E-state index in [1.54, 1.807) is 0 Å². The fourth-order valence-electron chi connectivity index (χ4n) is 12.9. The molecule has 0 N–H and O–H groups in total. The van der Waals surface area contributed by atoms with E-state index < -0.39 is 5.41 Å². The Kier molecular flexibility index (Phi) is 10.5. The van der Waals surface area contributed by atoms with Gasteiger partial charge in [0.1, 0.15) is 0 Å². The Balaban J connectivity index is 1.11. The minimum atomic E-state index is -0.627.